The van der Waals surface area contributed by atoms with Gasteiger partial charge in [-0.25, -0.2) is 0 Å². The highest BCUT2D eigenvalue weighted by Gasteiger charge is 2.29. The molecule has 4 nitrogen and oxygen atoms in total. The molecule has 1 fully saturated rings. The molecule has 4 heteroatoms. The lowest BCUT2D eigenvalue weighted by Crippen LogP contribution is -2.44. The number of carbonyl (C=O) groups is 1. The van der Waals surface area contributed by atoms with Gasteiger partial charge in [-0.1, -0.05) is 42.5 Å². The second-order valence-corrected chi connectivity index (χ2v) is 6.81. The molecule has 128 valence electrons. The van der Waals surface area contributed by atoms with E-state index in [1.165, 1.54) is 10.8 Å². The molecule has 1 aliphatic rings. The van der Waals surface area contributed by atoms with Crippen molar-refractivity contribution >= 4 is 16.7 Å². The Morgan fingerprint density at radius 2 is 2.00 bits per heavy atom. The minimum absolute atomic E-state index is 0.0395. The third-order valence-corrected chi connectivity index (χ3v) is 5.15. The fourth-order valence-corrected chi connectivity index (χ4v) is 3.57. The van der Waals surface area contributed by atoms with Crippen molar-refractivity contribution in [1.29, 1.82) is 0 Å². The van der Waals surface area contributed by atoms with Crippen molar-refractivity contribution in [2.45, 2.75) is 32.4 Å². The number of fused-ring (bicyclic) bond motifs is 1. The van der Waals surface area contributed by atoms with E-state index in [-0.39, 0.29) is 24.6 Å². The number of rotatable bonds is 5. The van der Waals surface area contributed by atoms with Gasteiger partial charge in [0, 0.05) is 13.2 Å². The van der Waals surface area contributed by atoms with Crippen LogP contribution in [0.1, 0.15) is 31.9 Å². The van der Waals surface area contributed by atoms with E-state index in [9.17, 15) is 9.90 Å². The van der Waals surface area contributed by atoms with Gasteiger partial charge in [-0.15, -0.1) is 0 Å². The van der Waals surface area contributed by atoms with Gasteiger partial charge in [0.05, 0.1) is 12.1 Å². The molecule has 0 radical (unpaired) electrons. The van der Waals surface area contributed by atoms with Gasteiger partial charge in [-0.3, -0.25) is 9.69 Å². The summed E-state index contributed by atoms with van der Waals surface area (Å²) in [5.41, 5.74) is 1.14. The van der Waals surface area contributed by atoms with Crippen LogP contribution >= 0.6 is 0 Å². The SMILES string of the molecule is CC(NC(=O)C(C)N1CCC(CO)C1)c1cccc2ccccc12. The maximum absolute atomic E-state index is 12.6. The second kappa shape index (κ2) is 7.32. The summed E-state index contributed by atoms with van der Waals surface area (Å²) >= 11 is 0. The third-order valence-electron chi connectivity index (χ3n) is 5.15. The van der Waals surface area contributed by atoms with Crippen LogP contribution < -0.4 is 5.32 Å². The molecule has 2 N–H and O–H groups in total. The lowest BCUT2D eigenvalue weighted by atomic mass is 9.99. The molecule has 1 aliphatic heterocycles. The predicted octanol–water partition coefficient (Wildman–Crippen LogP) is 2.72. The average molecular weight is 326 g/mol. The number of hydrogen-bond donors (Lipinski definition) is 2. The number of hydrogen-bond acceptors (Lipinski definition) is 3. The summed E-state index contributed by atoms with van der Waals surface area (Å²) in [6.07, 6.45) is 0.965. The minimum Gasteiger partial charge on any atom is -0.396 e. The van der Waals surface area contributed by atoms with Gasteiger partial charge in [0.15, 0.2) is 0 Å². The highest BCUT2D eigenvalue weighted by atomic mass is 16.3. The van der Waals surface area contributed by atoms with E-state index < -0.39 is 0 Å². The second-order valence-electron chi connectivity index (χ2n) is 6.81. The Morgan fingerprint density at radius 3 is 2.75 bits per heavy atom. The maximum atomic E-state index is 12.6. The summed E-state index contributed by atoms with van der Waals surface area (Å²) in [6, 6.07) is 14.3. The molecule has 2 aromatic rings. The Hall–Kier alpha value is -1.91. The first-order chi connectivity index (χ1) is 11.6. The zero-order valence-electron chi connectivity index (χ0n) is 14.4. The van der Waals surface area contributed by atoms with Crippen molar-refractivity contribution in [2.75, 3.05) is 19.7 Å². The van der Waals surface area contributed by atoms with Crippen LogP contribution in [0.2, 0.25) is 0 Å². The van der Waals surface area contributed by atoms with Crippen LogP contribution in [-0.4, -0.2) is 41.7 Å². The Bertz CT molecular complexity index is 710. The van der Waals surface area contributed by atoms with Gasteiger partial charge >= 0.3 is 0 Å². The van der Waals surface area contributed by atoms with Gasteiger partial charge in [-0.2, -0.15) is 0 Å². The van der Waals surface area contributed by atoms with Crippen molar-refractivity contribution in [1.82, 2.24) is 10.2 Å². The summed E-state index contributed by atoms with van der Waals surface area (Å²) in [5, 5.41) is 14.8. The lowest BCUT2D eigenvalue weighted by Gasteiger charge is -2.25. The van der Waals surface area contributed by atoms with Crippen molar-refractivity contribution in [3.8, 4) is 0 Å². The smallest absolute Gasteiger partial charge is 0.237 e. The van der Waals surface area contributed by atoms with Crippen molar-refractivity contribution in [2.24, 2.45) is 5.92 Å². The first-order valence-electron chi connectivity index (χ1n) is 8.73. The Balaban J connectivity index is 1.69. The quantitative estimate of drug-likeness (QED) is 0.888. The van der Waals surface area contributed by atoms with Crippen LogP contribution in [0.15, 0.2) is 42.5 Å². The highest BCUT2D eigenvalue weighted by molar-refractivity contribution is 5.87. The van der Waals surface area contributed by atoms with Crippen molar-refractivity contribution in [3.05, 3.63) is 48.0 Å². The summed E-state index contributed by atoms with van der Waals surface area (Å²) in [7, 11) is 0. The van der Waals surface area contributed by atoms with Gasteiger partial charge in [0.25, 0.3) is 0 Å². The number of aliphatic hydroxyl groups is 1. The first kappa shape index (κ1) is 16.9. The van der Waals surface area contributed by atoms with Crippen LogP contribution in [-0.2, 0) is 4.79 Å². The predicted molar refractivity (Wildman–Crippen MR) is 96.7 cm³/mol. The third kappa shape index (κ3) is 3.45. The molecular formula is C20H26N2O2. The molecule has 2 aromatic carbocycles. The zero-order valence-corrected chi connectivity index (χ0v) is 14.4. The molecule has 0 aromatic heterocycles. The fraction of sp³-hybridized carbons (Fsp3) is 0.450. The van der Waals surface area contributed by atoms with Crippen LogP contribution in [0, 0.1) is 5.92 Å². The number of benzene rings is 2. The van der Waals surface area contributed by atoms with Gasteiger partial charge in [-0.05, 0) is 49.1 Å². The molecule has 3 atom stereocenters. The van der Waals surface area contributed by atoms with E-state index in [4.69, 9.17) is 0 Å². The van der Waals surface area contributed by atoms with Gasteiger partial charge in [0.1, 0.15) is 0 Å². The summed E-state index contributed by atoms with van der Waals surface area (Å²) in [4.78, 5) is 14.8. The Morgan fingerprint density at radius 1 is 1.25 bits per heavy atom. The fourth-order valence-electron chi connectivity index (χ4n) is 3.57. The largest absolute Gasteiger partial charge is 0.396 e. The molecular weight excluding hydrogens is 300 g/mol. The molecule has 3 unspecified atom stereocenters. The lowest BCUT2D eigenvalue weighted by molar-refractivity contribution is -0.126. The normalized spacial score (nSPS) is 20.9. The zero-order chi connectivity index (χ0) is 17.1. The van der Waals surface area contributed by atoms with Gasteiger partial charge < -0.3 is 10.4 Å². The standard InChI is InChI=1S/C20H26N2O2/c1-14(18-9-5-7-17-6-3-4-8-19(17)18)21-20(24)15(2)22-11-10-16(12-22)13-23/h3-9,14-16,23H,10-13H2,1-2H3,(H,21,24). The molecule has 24 heavy (non-hydrogen) atoms. The maximum Gasteiger partial charge on any atom is 0.237 e. The van der Waals surface area contributed by atoms with E-state index >= 15 is 0 Å². The molecule has 1 amide bonds. The number of carbonyl (C=O) groups excluding carboxylic acids is 1. The Labute approximate surface area is 143 Å². The van der Waals surface area contributed by atoms with Crippen molar-refractivity contribution in [3.63, 3.8) is 0 Å². The van der Waals surface area contributed by atoms with E-state index in [0.717, 1.165) is 25.1 Å². The summed E-state index contributed by atoms with van der Waals surface area (Å²) < 4.78 is 0. The van der Waals surface area contributed by atoms with Crippen LogP contribution in [0.4, 0.5) is 0 Å². The van der Waals surface area contributed by atoms with E-state index in [2.05, 4.69) is 34.5 Å². The topological polar surface area (TPSA) is 52.6 Å². The molecule has 0 bridgehead atoms. The summed E-state index contributed by atoms with van der Waals surface area (Å²) in [6.45, 7) is 5.87. The van der Waals surface area contributed by atoms with Crippen LogP contribution in [0.5, 0.6) is 0 Å². The summed E-state index contributed by atoms with van der Waals surface area (Å²) in [5.74, 6) is 0.352. The molecule has 0 aliphatic carbocycles. The average Bonchev–Trinajstić information content (AvgIpc) is 3.09. The number of aliphatic hydroxyl groups excluding tert-OH is 1. The number of amides is 1. The van der Waals surface area contributed by atoms with Crippen molar-refractivity contribution < 1.29 is 9.90 Å². The molecule has 0 spiro atoms. The number of nitrogens with zero attached hydrogens (tertiary/aromatic N) is 1. The molecule has 1 heterocycles. The van der Waals surface area contributed by atoms with Crippen LogP contribution in [0.3, 0.4) is 0 Å². The van der Waals surface area contributed by atoms with E-state index in [1.54, 1.807) is 0 Å². The Kier molecular flexibility index (Phi) is 5.17. The van der Waals surface area contributed by atoms with E-state index in [0.29, 0.717) is 5.92 Å². The van der Waals surface area contributed by atoms with Gasteiger partial charge in [0.2, 0.25) is 5.91 Å². The molecule has 3 rings (SSSR count). The number of nitrogens with one attached hydrogen (secondary N) is 1. The highest BCUT2D eigenvalue weighted by Crippen LogP contribution is 2.24. The molecule has 0 saturated carbocycles. The minimum atomic E-state index is -0.168. The van der Waals surface area contributed by atoms with Crippen LogP contribution in [0.25, 0.3) is 10.8 Å². The molecule has 1 saturated heterocycles. The number of likely N-dealkylation sites (tertiary alicyclic amines) is 1. The monoisotopic (exact) mass is 326 g/mol. The van der Waals surface area contributed by atoms with E-state index in [1.807, 2.05) is 32.0 Å². The first-order valence-corrected chi connectivity index (χ1v) is 8.73.